The molecule has 1 aromatic rings. The van der Waals surface area contributed by atoms with E-state index in [0.717, 1.165) is 11.4 Å². The number of rotatable bonds is 6. The number of nitrogens with zero attached hydrogens (tertiary/aromatic N) is 1. The highest BCUT2D eigenvalue weighted by molar-refractivity contribution is 5.32. The Kier molecular flexibility index (Phi) is 5.76. The van der Waals surface area contributed by atoms with E-state index >= 15 is 0 Å². The average Bonchev–Trinajstić information content (AvgIpc) is 2.33. The molecule has 108 valence electrons. The van der Waals surface area contributed by atoms with Crippen molar-refractivity contribution in [2.24, 2.45) is 0 Å². The minimum absolute atomic E-state index is 0.0717. The largest absolute Gasteiger partial charge is 0.489 e. The van der Waals surface area contributed by atoms with Crippen molar-refractivity contribution in [1.29, 1.82) is 0 Å². The topological polar surface area (TPSA) is 54.4 Å². The van der Waals surface area contributed by atoms with E-state index < -0.39 is 6.10 Å². The van der Waals surface area contributed by atoms with Crippen LogP contribution in [0.25, 0.3) is 0 Å². The smallest absolute Gasteiger partial charge is 0.141 e. The van der Waals surface area contributed by atoms with Crippen molar-refractivity contribution >= 4 is 0 Å². The lowest BCUT2D eigenvalue weighted by Gasteiger charge is -2.22. The van der Waals surface area contributed by atoms with Gasteiger partial charge in [0.25, 0.3) is 0 Å². The summed E-state index contributed by atoms with van der Waals surface area (Å²) in [6, 6.07) is 4.11. The second-order valence-electron chi connectivity index (χ2n) is 6.13. The molecular formula is C15H26N2O2. The molecule has 19 heavy (non-hydrogen) atoms. The normalized spacial score (nSPS) is 13.6. The summed E-state index contributed by atoms with van der Waals surface area (Å²) in [6.45, 7) is 11.2. The van der Waals surface area contributed by atoms with Crippen molar-refractivity contribution in [2.75, 3.05) is 13.2 Å². The molecule has 0 spiro atoms. The number of aromatic nitrogens is 1. The quantitative estimate of drug-likeness (QED) is 0.828. The zero-order chi connectivity index (χ0) is 14.5. The molecule has 0 aliphatic carbocycles. The van der Waals surface area contributed by atoms with E-state index in [4.69, 9.17) is 4.74 Å². The molecule has 0 radical (unpaired) electrons. The summed E-state index contributed by atoms with van der Waals surface area (Å²) in [6.07, 6.45) is 1.25. The van der Waals surface area contributed by atoms with E-state index in [2.05, 4.69) is 31.1 Å². The lowest BCUT2D eigenvalue weighted by molar-refractivity contribution is 0.103. The van der Waals surface area contributed by atoms with Crippen LogP contribution >= 0.6 is 0 Å². The van der Waals surface area contributed by atoms with Crippen LogP contribution in [0.4, 0.5) is 0 Å². The average molecular weight is 266 g/mol. The predicted molar refractivity (Wildman–Crippen MR) is 77.6 cm³/mol. The van der Waals surface area contributed by atoms with E-state index in [1.54, 1.807) is 6.20 Å². The third kappa shape index (κ3) is 5.57. The lowest BCUT2D eigenvalue weighted by atomic mass is 9.91. The molecule has 0 aromatic carbocycles. The number of nitrogens with one attached hydrogen (secondary N) is 1. The van der Waals surface area contributed by atoms with Crippen LogP contribution in [0.15, 0.2) is 18.3 Å². The van der Waals surface area contributed by atoms with Gasteiger partial charge in [0.2, 0.25) is 0 Å². The van der Waals surface area contributed by atoms with Crippen LogP contribution in [-0.2, 0) is 5.41 Å². The van der Waals surface area contributed by atoms with Gasteiger partial charge >= 0.3 is 0 Å². The summed E-state index contributed by atoms with van der Waals surface area (Å²) >= 11 is 0. The van der Waals surface area contributed by atoms with Crippen molar-refractivity contribution < 1.29 is 9.84 Å². The number of pyridine rings is 1. The fraction of sp³-hybridized carbons (Fsp3) is 0.667. The predicted octanol–water partition coefficient (Wildman–Crippen LogP) is 2.12. The van der Waals surface area contributed by atoms with Crippen LogP contribution in [-0.4, -0.2) is 35.4 Å². The number of hydrogen-bond donors (Lipinski definition) is 2. The van der Waals surface area contributed by atoms with Gasteiger partial charge in [-0.15, -0.1) is 0 Å². The monoisotopic (exact) mass is 266 g/mol. The molecule has 4 nitrogen and oxygen atoms in total. The standard InChI is InChI=1S/C15H26N2O2/c1-11(2)17-9-12(18)10-19-13-7-6-8-16-14(13)15(3,4)5/h6-8,11-12,17-18H,9-10H2,1-5H3. The van der Waals surface area contributed by atoms with Gasteiger partial charge in [-0.25, -0.2) is 0 Å². The van der Waals surface area contributed by atoms with E-state index in [0.29, 0.717) is 12.6 Å². The van der Waals surface area contributed by atoms with E-state index in [1.165, 1.54) is 0 Å². The minimum Gasteiger partial charge on any atom is -0.489 e. The second-order valence-corrected chi connectivity index (χ2v) is 6.13. The molecule has 1 unspecified atom stereocenters. The summed E-state index contributed by atoms with van der Waals surface area (Å²) in [5.74, 6) is 0.749. The molecule has 0 bridgehead atoms. The molecule has 0 aliphatic rings. The fourth-order valence-electron chi connectivity index (χ4n) is 1.69. The molecule has 2 N–H and O–H groups in total. The summed E-state index contributed by atoms with van der Waals surface area (Å²) in [5, 5.41) is 13.0. The van der Waals surface area contributed by atoms with Crippen molar-refractivity contribution in [3.63, 3.8) is 0 Å². The van der Waals surface area contributed by atoms with E-state index in [9.17, 15) is 5.11 Å². The van der Waals surface area contributed by atoms with Gasteiger partial charge in [-0.3, -0.25) is 4.98 Å². The Morgan fingerprint density at radius 1 is 1.37 bits per heavy atom. The van der Waals surface area contributed by atoms with Crippen LogP contribution in [0, 0.1) is 0 Å². The molecular weight excluding hydrogens is 240 g/mol. The Morgan fingerprint density at radius 3 is 2.63 bits per heavy atom. The van der Waals surface area contributed by atoms with Crippen LogP contribution in [0.1, 0.15) is 40.3 Å². The molecule has 0 aliphatic heterocycles. The number of aliphatic hydroxyl groups is 1. The summed E-state index contributed by atoms with van der Waals surface area (Å²) in [4.78, 5) is 4.38. The maximum absolute atomic E-state index is 9.85. The van der Waals surface area contributed by atoms with Gasteiger partial charge in [-0.2, -0.15) is 0 Å². The van der Waals surface area contributed by atoms with Crippen LogP contribution in [0.2, 0.25) is 0 Å². The Balaban J connectivity index is 2.58. The van der Waals surface area contributed by atoms with Gasteiger partial charge in [0, 0.05) is 24.2 Å². The fourth-order valence-corrected chi connectivity index (χ4v) is 1.69. The molecule has 0 saturated heterocycles. The minimum atomic E-state index is -0.518. The molecule has 0 amide bonds. The van der Waals surface area contributed by atoms with Crippen molar-refractivity contribution in [3.8, 4) is 5.75 Å². The first-order valence-corrected chi connectivity index (χ1v) is 6.80. The van der Waals surface area contributed by atoms with Gasteiger partial charge in [0.05, 0.1) is 5.69 Å². The van der Waals surface area contributed by atoms with Crippen molar-refractivity contribution in [2.45, 2.75) is 52.2 Å². The highest BCUT2D eigenvalue weighted by atomic mass is 16.5. The van der Waals surface area contributed by atoms with Crippen LogP contribution < -0.4 is 10.1 Å². The molecule has 1 heterocycles. The zero-order valence-corrected chi connectivity index (χ0v) is 12.6. The van der Waals surface area contributed by atoms with Gasteiger partial charge < -0.3 is 15.2 Å². The molecule has 1 rings (SSSR count). The second kappa shape index (κ2) is 6.87. The highest BCUT2D eigenvalue weighted by Gasteiger charge is 2.20. The van der Waals surface area contributed by atoms with Gasteiger partial charge in [0.1, 0.15) is 18.5 Å². The Hall–Kier alpha value is -1.13. The van der Waals surface area contributed by atoms with E-state index in [-0.39, 0.29) is 12.0 Å². The highest BCUT2D eigenvalue weighted by Crippen LogP contribution is 2.28. The van der Waals surface area contributed by atoms with E-state index in [1.807, 2.05) is 26.0 Å². The van der Waals surface area contributed by atoms with Crippen LogP contribution in [0.3, 0.4) is 0 Å². The number of aliphatic hydroxyl groups excluding tert-OH is 1. The first-order valence-electron chi connectivity index (χ1n) is 6.80. The number of hydrogen-bond acceptors (Lipinski definition) is 4. The van der Waals surface area contributed by atoms with Gasteiger partial charge in [-0.05, 0) is 12.1 Å². The third-order valence-electron chi connectivity index (χ3n) is 2.67. The molecule has 4 heteroatoms. The maximum Gasteiger partial charge on any atom is 0.141 e. The zero-order valence-electron chi connectivity index (χ0n) is 12.6. The third-order valence-corrected chi connectivity index (χ3v) is 2.67. The Bertz CT molecular complexity index is 386. The number of ether oxygens (including phenoxy) is 1. The van der Waals surface area contributed by atoms with Crippen molar-refractivity contribution in [1.82, 2.24) is 10.3 Å². The summed E-state index contributed by atoms with van der Waals surface area (Å²) in [7, 11) is 0. The van der Waals surface area contributed by atoms with Gasteiger partial charge in [0.15, 0.2) is 0 Å². The Morgan fingerprint density at radius 2 is 2.05 bits per heavy atom. The maximum atomic E-state index is 9.85. The molecule has 0 fully saturated rings. The first kappa shape index (κ1) is 15.9. The Labute approximate surface area is 116 Å². The lowest BCUT2D eigenvalue weighted by Crippen LogP contribution is -2.35. The van der Waals surface area contributed by atoms with Gasteiger partial charge in [-0.1, -0.05) is 34.6 Å². The molecule has 0 saturated carbocycles. The van der Waals surface area contributed by atoms with Crippen molar-refractivity contribution in [3.05, 3.63) is 24.0 Å². The molecule has 1 aromatic heterocycles. The SMILES string of the molecule is CC(C)NCC(O)COc1cccnc1C(C)(C)C. The first-order chi connectivity index (χ1) is 8.80. The summed E-state index contributed by atoms with van der Waals surface area (Å²) < 4.78 is 5.71. The van der Waals surface area contributed by atoms with Crippen LogP contribution in [0.5, 0.6) is 5.75 Å². The molecule has 1 atom stereocenters. The summed E-state index contributed by atoms with van der Waals surface area (Å²) in [5.41, 5.74) is 0.844.